The minimum atomic E-state index is -0.566. The summed E-state index contributed by atoms with van der Waals surface area (Å²) in [5.41, 5.74) is 0.0632. The summed E-state index contributed by atoms with van der Waals surface area (Å²) in [7, 11) is 1.35. The lowest BCUT2D eigenvalue weighted by Crippen LogP contribution is -2.28. The van der Waals surface area contributed by atoms with Gasteiger partial charge in [-0.15, -0.1) is 11.6 Å². The third kappa shape index (κ3) is 2.78. The fourth-order valence-electron chi connectivity index (χ4n) is 2.05. The molecule has 1 aliphatic heterocycles. The third-order valence-electron chi connectivity index (χ3n) is 3.04. The van der Waals surface area contributed by atoms with Crippen LogP contribution in [0.5, 0.6) is 5.75 Å². The van der Waals surface area contributed by atoms with Gasteiger partial charge in [0, 0.05) is 24.7 Å². The summed E-state index contributed by atoms with van der Waals surface area (Å²) in [4.78, 5) is 24.1. The lowest BCUT2D eigenvalue weighted by Gasteiger charge is -2.15. The van der Waals surface area contributed by atoms with Gasteiger partial charge in [-0.2, -0.15) is 0 Å². The largest absolute Gasteiger partial charge is 0.490 e. The summed E-state index contributed by atoms with van der Waals surface area (Å²) in [5, 5.41) is 10.9. The maximum Gasteiger partial charge on any atom is 0.311 e. The van der Waals surface area contributed by atoms with Crippen molar-refractivity contribution in [1.29, 1.82) is 0 Å². The van der Waals surface area contributed by atoms with Crippen LogP contribution in [0.4, 0.5) is 5.69 Å². The Balaban J connectivity index is 2.28. The molecule has 0 aliphatic carbocycles. The predicted molar refractivity (Wildman–Crippen MR) is 69.8 cm³/mol. The Labute approximate surface area is 115 Å². The molecule has 0 radical (unpaired) electrons. The number of nitro benzene ring substituents is 1. The Bertz CT molecular complexity index is 520. The molecule has 1 amide bonds. The van der Waals surface area contributed by atoms with Crippen LogP contribution in [-0.4, -0.2) is 41.3 Å². The lowest BCUT2D eigenvalue weighted by molar-refractivity contribution is -0.385. The molecular weight excluding hydrogens is 272 g/mol. The monoisotopic (exact) mass is 284 g/mol. The summed E-state index contributed by atoms with van der Waals surface area (Å²) < 4.78 is 4.90. The molecule has 1 atom stereocenters. The molecule has 0 N–H and O–H groups in total. The molecule has 1 unspecified atom stereocenters. The maximum atomic E-state index is 12.2. The standard InChI is InChI=1S/C12H13ClN2O4/c1-19-11-3-2-8(6-10(11)15(17)18)12(16)14-5-4-9(13)7-14/h2-3,6,9H,4-5,7H2,1H3. The number of carbonyl (C=O) groups is 1. The first kappa shape index (κ1) is 13.6. The van der Waals surface area contributed by atoms with E-state index in [1.807, 2.05) is 0 Å². The first-order valence-electron chi connectivity index (χ1n) is 5.78. The van der Waals surface area contributed by atoms with Crippen LogP contribution in [0.2, 0.25) is 0 Å². The van der Waals surface area contributed by atoms with Gasteiger partial charge in [-0.3, -0.25) is 14.9 Å². The van der Waals surface area contributed by atoms with E-state index in [1.165, 1.54) is 25.3 Å². The molecule has 1 saturated heterocycles. The van der Waals surface area contributed by atoms with Gasteiger partial charge < -0.3 is 9.64 Å². The summed E-state index contributed by atoms with van der Waals surface area (Å²) in [6.45, 7) is 1.05. The van der Waals surface area contributed by atoms with Crippen molar-refractivity contribution < 1.29 is 14.5 Å². The van der Waals surface area contributed by atoms with E-state index in [0.29, 0.717) is 13.1 Å². The van der Waals surface area contributed by atoms with Crippen molar-refractivity contribution in [1.82, 2.24) is 4.90 Å². The van der Waals surface area contributed by atoms with E-state index in [2.05, 4.69) is 0 Å². The molecule has 1 heterocycles. The van der Waals surface area contributed by atoms with Crippen molar-refractivity contribution in [2.75, 3.05) is 20.2 Å². The molecule has 2 rings (SSSR count). The third-order valence-corrected chi connectivity index (χ3v) is 3.40. The molecule has 0 saturated carbocycles. The number of hydrogen-bond acceptors (Lipinski definition) is 4. The number of nitro groups is 1. The Hall–Kier alpha value is -1.82. The van der Waals surface area contributed by atoms with Gasteiger partial charge in [0.25, 0.3) is 5.91 Å². The molecule has 0 aromatic heterocycles. The summed E-state index contributed by atoms with van der Waals surface area (Å²) in [6, 6.07) is 4.19. The van der Waals surface area contributed by atoms with E-state index >= 15 is 0 Å². The van der Waals surface area contributed by atoms with E-state index in [0.717, 1.165) is 6.42 Å². The topological polar surface area (TPSA) is 72.7 Å². The van der Waals surface area contributed by atoms with Crippen molar-refractivity contribution in [2.24, 2.45) is 0 Å². The van der Waals surface area contributed by atoms with Crippen LogP contribution in [0.3, 0.4) is 0 Å². The number of halogens is 1. The number of rotatable bonds is 3. The fourth-order valence-corrected chi connectivity index (χ4v) is 2.31. The zero-order valence-corrected chi connectivity index (χ0v) is 11.1. The molecule has 1 fully saturated rings. The number of benzene rings is 1. The quantitative estimate of drug-likeness (QED) is 0.484. The second kappa shape index (κ2) is 5.44. The lowest BCUT2D eigenvalue weighted by atomic mass is 10.1. The highest BCUT2D eigenvalue weighted by atomic mass is 35.5. The van der Waals surface area contributed by atoms with Gasteiger partial charge in [0.1, 0.15) is 0 Å². The zero-order chi connectivity index (χ0) is 14.0. The van der Waals surface area contributed by atoms with E-state index in [9.17, 15) is 14.9 Å². The number of hydrogen-bond donors (Lipinski definition) is 0. The molecule has 1 aromatic rings. The second-order valence-corrected chi connectivity index (χ2v) is 4.90. The van der Waals surface area contributed by atoms with Crippen LogP contribution in [0, 0.1) is 10.1 Å². The highest BCUT2D eigenvalue weighted by Crippen LogP contribution is 2.28. The minimum absolute atomic E-state index is 0.0443. The Kier molecular flexibility index (Phi) is 3.90. The Morgan fingerprint density at radius 3 is 2.84 bits per heavy atom. The first-order valence-corrected chi connectivity index (χ1v) is 6.22. The molecule has 102 valence electrons. The molecule has 7 heteroatoms. The maximum absolute atomic E-state index is 12.2. The number of likely N-dealkylation sites (tertiary alicyclic amines) is 1. The molecule has 19 heavy (non-hydrogen) atoms. The fraction of sp³-hybridized carbons (Fsp3) is 0.417. The van der Waals surface area contributed by atoms with E-state index in [-0.39, 0.29) is 28.3 Å². The predicted octanol–water partition coefficient (Wildman–Crippen LogP) is 2.06. The highest BCUT2D eigenvalue weighted by molar-refractivity contribution is 6.21. The minimum Gasteiger partial charge on any atom is -0.490 e. The van der Waals surface area contributed by atoms with Gasteiger partial charge in [-0.25, -0.2) is 0 Å². The normalized spacial score (nSPS) is 18.4. The zero-order valence-electron chi connectivity index (χ0n) is 10.3. The number of ether oxygens (including phenoxy) is 1. The number of nitrogens with zero attached hydrogens (tertiary/aromatic N) is 2. The van der Waals surface area contributed by atoms with Crippen LogP contribution < -0.4 is 4.74 Å². The molecule has 1 aromatic carbocycles. The van der Waals surface area contributed by atoms with Crippen LogP contribution in [0.1, 0.15) is 16.8 Å². The molecule has 1 aliphatic rings. The van der Waals surface area contributed by atoms with Gasteiger partial charge in [-0.1, -0.05) is 0 Å². The molecule has 0 spiro atoms. The molecule has 0 bridgehead atoms. The van der Waals surface area contributed by atoms with Crippen LogP contribution in [0.25, 0.3) is 0 Å². The van der Waals surface area contributed by atoms with Crippen molar-refractivity contribution in [3.63, 3.8) is 0 Å². The first-order chi connectivity index (χ1) is 9.02. The van der Waals surface area contributed by atoms with E-state index < -0.39 is 4.92 Å². The van der Waals surface area contributed by atoms with Crippen LogP contribution >= 0.6 is 11.6 Å². The Morgan fingerprint density at radius 1 is 1.58 bits per heavy atom. The van der Waals surface area contributed by atoms with Gasteiger partial charge in [0.15, 0.2) is 5.75 Å². The van der Waals surface area contributed by atoms with E-state index in [1.54, 1.807) is 4.90 Å². The van der Waals surface area contributed by atoms with Gasteiger partial charge in [0.05, 0.1) is 17.4 Å². The molecule has 6 nitrogen and oxygen atoms in total. The highest BCUT2D eigenvalue weighted by Gasteiger charge is 2.27. The smallest absolute Gasteiger partial charge is 0.311 e. The van der Waals surface area contributed by atoms with Gasteiger partial charge in [-0.05, 0) is 18.6 Å². The number of carbonyl (C=O) groups excluding carboxylic acids is 1. The van der Waals surface area contributed by atoms with Crippen molar-refractivity contribution in [2.45, 2.75) is 11.8 Å². The average Bonchev–Trinajstić information content (AvgIpc) is 2.83. The number of amides is 1. The van der Waals surface area contributed by atoms with Crippen LogP contribution in [-0.2, 0) is 0 Å². The van der Waals surface area contributed by atoms with Crippen molar-refractivity contribution in [3.05, 3.63) is 33.9 Å². The SMILES string of the molecule is COc1ccc(C(=O)N2CCC(Cl)C2)cc1[N+](=O)[O-]. The van der Waals surface area contributed by atoms with Gasteiger partial charge in [0.2, 0.25) is 0 Å². The number of methoxy groups -OCH3 is 1. The van der Waals surface area contributed by atoms with Crippen LogP contribution in [0.15, 0.2) is 18.2 Å². The summed E-state index contributed by atoms with van der Waals surface area (Å²) in [5.74, 6) is -0.105. The van der Waals surface area contributed by atoms with Crippen molar-refractivity contribution >= 4 is 23.2 Å². The molecular formula is C12H13ClN2O4. The summed E-state index contributed by atoms with van der Waals surface area (Å²) >= 11 is 5.95. The average molecular weight is 285 g/mol. The second-order valence-electron chi connectivity index (χ2n) is 4.28. The van der Waals surface area contributed by atoms with Crippen molar-refractivity contribution in [3.8, 4) is 5.75 Å². The summed E-state index contributed by atoms with van der Waals surface area (Å²) in [6.07, 6.45) is 0.742. The number of alkyl halides is 1. The van der Waals surface area contributed by atoms with E-state index in [4.69, 9.17) is 16.3 Å². The Morgan fingerprint density at radius 2 is 2.32 bits per heavy atom. The van der Waals surface area contributed by atoms with Gasteiger partial charge >= 0.3 is 5.69 Å².